The molecule has 0 bridgehead atoms. The van der Waals surface area contributed by atoms with Crippen molar-refractivity contribution >= 4 is 23.5 Å². The first kappa shape index (κ1) is 20.0. The molecule has 4 rings (SSSR count). The van der Waals surface area contributed by atoms with E-state index < -0.39 is 18.3 Å². The maximum atomic E-state index is 17.4. The van der Waals surface area contributed by atoms with Crippen molar-refractivity contribution in [1.82, 2.24) is 0 Å². The van der Waals surface area contributed by atoms with Gasteiger partial charge < -0.3 is 4.57 Å². The fourth-order valence-electron chi connectivity index (χ4n) is 3.68. The standard InChI is InChI=1S/C26H20FO2P/c27-26(22-15-7-2-8-16-22,25(28)21-13-5-1-6-14-21)30(29,23-17-9-3-10-18-23)24-19-11-4-12-20-24/h1-20H/t26-/m0/s1. The molecule has 4 aromatic rings. The second kappa shape index (κ2) is 8.22. The molecule has 0 N–H and O–H groups in total. The van der Waals surface area contributed by atoms with E-state index in [1.165, 1.54) is 12.1 Å². The molecular weight excluding hydrogens is 394 g/mol. The van der Waals surface area contributed by atoms with Crippen molar-refractivity contribution < 1.29 is 13.8 Å². The van der Waals surface area contributed by atoms with Crippen LogP contribution in [0.5, 0.6) is 0 Å². The number of hydrogen-bond acceptors (Lipinski definition) is 2. The topological polar surface area (TPSA) is 34.1 Å². The minimum atomic E-state index is -4.11. The minimum absolute atomic E-state index is 0.0786. The highest BCUT2D eigenvalue weighted by atomic mass is 31.2. The van der Waals surface area contributed by atoms with E-state index in [0.29, 0.717) is 10.6 Å². The molecule has 0 unspecified atom stereocenters. The summed E-state index contributed by atoms with van der Waals surface area (Å²) < 4.78 is 32.3. The van der Waals surface area contributed by atoms with Gasteiger partial charge in [-0.2, -0.15) is 0 Å². The van der Waals surface area contributed by atoms with Gasteiger partial charge in [0, 0.05) is 21.7 Å². The minimum Gasteiger partial charge on any atom is -0.309 e. The Bertz CT molecular complexity index is 1140. The van der Waals surface area contributed by atoms with Crippen molar-refractivity contribution in [1.29, 1.82) is 0 Å². The van der Waals surface area contributed by atoms with Crippen molar-refractivity contribution in [2.75, 3.05) is 0 Å². The molecule has 30 heavy (non-hydrogen) atoms. The number of Topliss-reactive ketones (excluding diaryl/α,β-unsaturated/α-hetero) is 1. The lowest BCUT2D eigenvalue weighted by molar-refractivity contribution is 0.0824. The number of hydrogen-bond donors (Lipinski definition) is 0. The summed E-state index contributed by atoms with van der Waals surface area (Å²) >= 11 is 0. The van der Waals surface area contributed by atoms with Crippen LogP contribution >= 0.6 is 7.14 Å². The summed E-state index contributed by atoms with van der Waals surface area (Å²) in [4.78, 5) is 13.7. The third-order valence-corrected chi connectivity index (χ3v) is 8.55. The average Bonchev–Trinajstić information content (AvgIpc) is 2.84. The Morgan fingerprint density at radius 1 is 0.600 bits per heavy atom. The first-order valence-corrected chi connectivity index (χ1v) is 11.3. The third kappa shape index (κ3) is 3.22. The monoisotopic (exact) mass is 414 g/mol. The van der Waals surface area contributed by atoms with Gasteiger partial charge in [-0.25, -0.2) is 4.39 Å². The predicted octanol–water partition coefficient (Wildman–Crippen LogP) is 5.71. The van der Waals surface area contributed by atoms with Gasteiger partial charge in [0.2, 0.25) is 5.78 Å². The summed E-state index contributed by atoms with van der Waals surface area (Å²) in [6.45, 7) is 0. The zero-order valence-electron chi connectivity index (χ0n) is 16.2. The number of rotatable bonds is 6. The van der Waals surface area contributed by atoms with Crippen LogP contribution in [0.1, 0.15) is 15.9 Å². The van der Waals surface area contributed by atoms with E-state index in [4.69, 9.17) is 0 Å². The van der Waals surface area contributed by atoms with E-state index in [2.05, 4.69) is 0 Å². The molecule has 0 amide bonds. The lowest BCUT2D eigenvalue weighted by atomic mass is 10.0. The van der Waals surface area contributed by atoms with Crippen LogP contribution in [0.15, 0.2) is 121 Å². The van der Waals surface area contributed by atoms with Crippen LogP contribution in [0.3, 0.4) is 0 Å². The van der Waals surface area contributed by atoms with Crippen LogP contribution in [-0.4, -0.2) is 5.78 Å². The molecule has 4 aromatic carbocycles. The number of carbonyl (C=O) groups is 1. The van der Waals surface area contributed by atoms with Crippen LogP contribution in [0, 0.1) is 0 Å². The van der Waals surface area contributed by atoms with Crippen LogP contribution in [0.4, 0.5) is 4.39 Å². The molecule has 0 saturated heterocycles. The Morgan fingerprint density at radius 2 is 0.967 bits per heavy atom. The van der Waals surface area contributed by atoms with Crippen LogP contribution in [0.25, 0.3) is 0 Å². The molecule has 0 aliphatic rings. The Balaban J connectivity index is 2.08. The van der Waals surface area contributed by atoms with Gasteiger partial charge in [0.25, 0.3) is 5.41 Å². The van der Waals surface area contributed by atoms with E-state index in [0.717, 1.165) is 0 Å². The molecule has 2 nitrogen and oxygen atoms in total. The van der Waals surface area contributed by atoms with Gasteiger partial charge in [-0.3, -0.25) is 4.79 Å². The highest BCUT2D eigenvalue weighted by molar-refractivity contribution is 7.80. The molecule has 0 radical (unpaired) electrons. The van der Waals surface area contributed by atoms with Crippen molar-refractivity contribution in [3.8, 4) is 0 Å². The highest BCUT2D eigenvalue weighted by Crippen LogP contribution is 2.63. The van der Waals surface area contributed by atoms with Gasteiger partial charge in [0.15, 0.2) is 7.14 Å². The molecule has 0 saturated carbocycles. The number of halogens is 1. The Kier molecular flexibility index (Phi) is 5.48. The van der Waals surface area contributed by atoms with Gasteiger partial charge in [-0.15, -0.1) is 0 Å². The molecule has 0 fully saturated rings. The normalized spacial score (nSPS) is 13.4. The quantitative estimate of drug-likeness (QED) is 0.299. The maximum absolute atomic E-state index is 17.4. The Labute approximate surface area is 175 Å². The lowest BCUT2D eigenvalue weighted by Gasteiger charge is -2.34. The lowest BCUT2D eigenvalue weighted by Crippen LogP contribution is -2.39. The van der Waals surface area contributed by atoms with E-state index in [-0.39, 0.29) is 11.1 Å². The molecule has 0 aromatic heterocycles. The van der Waals surface area contributed by atoms with Crippen molar-refractivity contribution in [2.45, 2.75) is 5.41 Å². The first-order valence-electron chi connectivity index (χ1n) is 9.64. The fraction of sp³-hybridized carbons (Fsp3) is 0.0385. The fourth-order valence-corrected chi connectivity index (χ4v) is 6.80. The Hall–Kier alpha value is -3.29. The predicted molar refractivity (Wildman–Crippen MR) is 120 cm³/mol. The number of carbonyl (C=O) groups excluding carboxylic acids is 1. The van der Waals surface area contributed by atoms with E-state index in [9.17, 15) is 9.36 Å². The Morgan fingerprint density at radius 3 is 1.40 bits per heavy atom. The second-order valence-corrected chi connectivity index (χ2v) is 9.83. The molecule has 148 valence electrons. The van der Waals surface area contributed by atoms with Crippen LogP contribution in [0.2, 0.25) is 0 Å². The number of ketones is 1. The molecule has 0 aliphatic carbocycles. The third-order valence-electron chi connectivity index (χ3n) is 5.17. The number of alkyl halides is 1. The zero-order valence-corrected chi connectivity index (χ0v) is 17.1. The molecule has 0 spiro atoms. The summed E-state index contributed by atoms with van der Waals surface area (Å²) in [6, 6.07) is 33.2. The number of benzene rings is 4. The molecule has 4 heteroatoms. The largest absolute Gasteiger partial charge is 0.309 e. The van der Waals surface area contributed by atoms with Crippen molar-refractivity contribution in [2.24, 2.45) is 0 Å². The van der Waals surface area contributed by atoms with Gasteiger partial charge >= 0.3 is 0 Å². The summed E-state index contributed by atoms with van der Waals surface area (Å²) in [6.07, 6.45) is 0. The summed E-state index contributed by atoms with van der Waals surface area (Å²) in [5.74, 6) is -0.815. The average molecular weight is 414 g/mol. The first-order chi connectivity index (χ1) is 14.6. The van der Waals surface area contributed by atoms with Gasteiger partial charge in [0.1, 0.15) is 0 Å². The maximum Gasteiger partial charge on any atom is 0.257 e. The zero-order chi connectivity index (χ0) is 21.0. The van der Waals surface area contributed by atoms with E-state index in [1.807, 2.05) is 0 Å². The summed E-state index contributed by atoms with van der Waals surface area (Å²) in [5.41, 5.74) is 0.255. The van der Waals surface area contributed by atoms with Gasteiger partial charge in [-0.05, 0) is 0 Å². The molecule has 0 aliphatic heterocycles. The summed E-state index contributed by atoms with van der Waals surface area (Å²) in [7, 11) is -4.11. The second-order valence-electron chi connectivity index (χ2n) is 6.96. The van der Waals surface area contributed by atoms with E-state index >= 15 is 4.39 Å². The van der Waals surface area contributed by atoms with Gasteiger partial charge in [-0.1, -0.05) is 121 Å². The van der Waals surface area contributed by atoms with Crippen LogP contribution in [-0.2, 0) is 9.97 Å². The van der Waals surface area contributed by atoms with Gasteiger partial charge in [0.05, 0.1) is 0 Å². The molecule has 0 heterocycles. The smallest absolute Gasteiger partial charge is 0.257 e. The highest BCUT2D eigenvalue weighted by Gasteiger charge is 2.58. The summed E-state index contributed by atoms with van der Waals surface area (Å²) in [5, 5.41) is -2.17. The SMILES string of the molecule is O=C(c1ccccc1)[C@](F)(c1ccccc1)P(=O)(c1ccccc1)c1ccccc1. The van der Waals surface area contributed by atoms with Crippen molar-refractivity contribution in [3.63, 3.8) is 0 Å². The van der Waals surface area contributed by atoms with E-state index in [1.54, 1.807) is 109 Å². The van der Waals surface area contributed by atoms with Crippen molar-refractivity contribution in [3.05, 3.63) is 132 Å². The van der Waals surface area contributed by atoms with Crippen LogP contribution < -0.4 is 10.6 Å². The molecule has 1 atom stereocenters. The molecular formula is C26H20FO2P.